The van der Waals surface area contributed by atoms with Gasteiger partial charge in [0, 0.05) is 18.9 Å². The van der Waals surface area contributed by atoms with Crippen molar-refractivity contribution in [3.63, 3.8) is 0 Å². The number of H-pyrrole nitrogens is 1. The summed E-state index contributed by atoms with van der Waals surface area (Å²) in [6, 6.07) is 0. The Labute approximate surface area is 113 Å². The summed E-state index contributed by atoms with van der Waals surface area (Å²) in [6.07, 6.45) is -5.19. The van der Waals surface area contributed by atoms with Gasteiger partial charge in [-0.15, -0.1) is 0 Å². The molecule has 1 heterocycles. The number of nitrogens with one attached hydrogen (secondary N) is 1. The molecule has 4 atom stereocenters. The van der Waals surface area contributed by atoms with Crippen LogP contribution in [0.15, 0.2) is 15.8 Å². The van der Waals surface area contributed by atoms with Crippen LogP contribution in [0.3, 0.4) is 0 Å². The fourth-order valence-corrected chi connectivity index (χ4v) is 1.70. The first kappa shape index (κ1) is 16.5. The van der Waals surface area contributed by atoms with E-state index in [9.17, 15) is 24.9 Å². The molecule has 1 unspecified atom stereocenters. The lowest BCUT2D eigenvalue weighted by molar-refractivity contribution is -0.146. The largest absolute Gasteiger partial charge is 0.394 e. The van der Waals surface area contributed by atoms with Gasteiger partial charge in [-0.25, -0.2) is 4.79 Å². The molecule has 0 aliphatic carbocycles. The maximum absolute atomic E-state index is 11.7. The predicted octanol–water partition coefficient (Wildman–Crippen LogP) is -2.93. The molecule has 114 valence electrons. The maximum atomic E-state index is 11.7. The highest BCUT2D eigenvalue weighted by Gasteiger charge is 2.33. The highest BCUT2D eigenvalue weighted by Crippen LogP contribution is 2.16. The van der Waals surface area contributed by atoms with Crippen molar-refractivity contribution in [2.24, 2.45) is 0 Å². The van der Waals surface area contributed by atoms with E-state index in [2.05, 4.69) is 0 Å². The third-order valence-corrected chi connectivity index (χ3v) is 2.88. The minimum Gasteiger partial charge on any atom is -0.394 e. The Bertz CT molecular complexity index is 552. The van der Waals surface area contributed by atoms with Crippen molar-refractivity contribution in [3.05, 3.63) is 32.6 Å². The molecular weight excluding hydrogens is 272 g/mol. The van der Waals surface area contributed by atoms with Crippen molar-refractivity contribution in [2.45, 2.75) is 31.5 Å². The number of rotatable bonds is 6. The Kier molecular flexibility index (Phi) is 5.60. The third kappa shape index (κ3) is 3.32. The van der Waals surface area contributed by atoms with Crippen LogP contribution in [-0.2, 0) is 4.74 Å². The molecule has 0 aliphatic rings. The molecule has 5 N–H and O–H groups in total. The van der Waals surface area contributed by atoms with Crippen LogP contribution in [0.4, 0.5) is 0 Å². The van der Waals surface area contributed by atoms with Crippen molar-refractivity contribution in [1.29, 1.82) is 0 Å². The molecule has 0 saturated heterocycles. The number of ether oxygens (including phenoxy) is 1. The zero-order valence-electron chi connectivity index (χ0n) is 11.1. The molecule has 9 heteroatoms. The van der Waals surface area contributed by atoms with Crippen LogP contribution in [0.2, 0.25) is 0 Å². The molecule has 1 aromatic rings. The molecule has 0 fully saturated rings. The number of aromatic nitrogens is 2. The summed E-state index contributed by atoms with van der Waals surface area (Å²) in [5.41, 5.74) is -1.21. The fourth-order valence-electron chi connectivity index (χ4n) is 1.70. The first-order valence-electron chi connectivity index (χ1n) is 5.83. The second kappa shape index (κ2) is 6.77. The van der Waals surface area contributed by atoms with Crippen molar-refractivity contribution in [1.82, 2.24) is 9.55 Å². The smallest absolute Gasteiger partial charge is 0.330 e. The summed E-state index contributed by atoms with van der Waals surface area (Å²) >= 11 is 0. The Balaban J connectivity index is 3.17. The van der Waals surface area contributed by atoms with Crippen molar-refractivity contribution in [2.75, 3.05) is 13.7 Å². The zero-order valence-corrected chi connectivity index (χ0v) is 11.1. The quantitative estimate of drug-likeness (QED) is 0.377. The Morgan fingerprint density at radius 3 is 2.40 bits per heavy atom. The first-order valence-corrected chi connectivity index (χ1v) is 5.83. The van der Waals surface area contributed by atoms with Gasteiger partial charge in [-0.1, -0.05) is 0 Å². The van der Waals surface area contributed by atoms with E-state index >= 15 is 0 Å². The highest BCUT2D eigenvalue weighted by atomic mass is 16.5. The maximum Gasteiger partial charge on any atom is 0.330 e. The topological polar surface area (TPSA) is 145 Å². The number of hydrogen-bond acceptors (Lipinski definition) is 7. The lowest BCUT2D eigenvalue weighted by atomic mass is 10.1. The standard InChI is InChI=1S/C11H18N2O7/c1-5-3-13(11(19)12-9(5)18)10(20-2)8(17)7(16)6(15)4-14/h3,6-8,10,14-17H,4H2,1-2H3,(H,12,18,19)/t6-,7-,8+,10?/m1/s1. The summed E-state index contributed by atoms with van der Waals surface area (Å²) in [6.45, 7) is 0.682. The first-order chi connectivity index (χ1) is 9.33. The Morgan fingerprint density at radius 1 is 1.30 bits per heavy atom. The van der Waals surface area contributed by atoms with Gasteiger partial charge < -0.3 is 25.2 Å². The number of aromatic amines is 1. The van der Waals surface area contributed by atoms with Gasteiger partial charge in [-0.3, -0.25) is 14.3 Å². The number of aryl methyl sites for hydroxylation is 1. The normalized spacial score (nSPS) is 17.5. The number of nitrogens with zero attached hydrogens (tertiary/aromatic N) is 1. The van der Waals surface area contributed by atoms with E-state index in [0.717, 1.165) is 10.8 Å². The Hall–Kier alpha value is -1.52. The summed E-state index contributed by atoms with van der Waals surface area (Å²) in [5.74, 6) is 0. The van der Waals surface area contributed by atoms with Gasteiger partial charge >= 0.3 is 5.69 Å². The van der Waals surface area contributed by atoms with E-state index in [1.165, 1.54) is 14.0 Å². The molecule has 0 radical (unpaired) electrons. The van der Waals surface area contributed by atoms with Crippen LogP contribution < -0.4 is 11.2 Å². The second-order valence-electron chi connectivity index (χ2n) is 4.34. The van der Waals surface area contributed by atoms with Gasteiger partial charge in [0.2, 0.25) is 0 Å². The summed E-state index contributed by atoms with van der Waals surface area (Å²) < 4.78 is 5.81. The van der Waals surface area contributed by atoms with Crippen LogP contribution in [0, 0.1) is 6.92 Å². The Morgan fingerprint density at radius 2 is 1.90 bits per heavy atom. The van der Waals surface area contributed by atoms with Crippen molar-refractivity contribution < 1.29 is 25.2 Å². The van der Waals surface area contributed by atoms with E-state index in [1.807, 2.05) is 4.98 Å². The van der Waals surface area contributed by atoms with Gasteiger partial charge in [0.25, 0.3) is 5.56 Å². The number of aliphatic hydroxyl groups is 4. The van der Waals surface area contributed by atoms with Gasteiger partial charge in [-0.2, -0.15) is 0 Å². The fraction of sp³-hybridized carbons (Fsp3) is 0.636. The zero-order chi connectivity index (χ0) is 15.4. The van der Waals surface area contributed by atoms with E-state index in [4.69, 9.17) is 9.84 Å². The van der Waals surface area contributed by atoms with E-state index in [0.29, 0.717) is 0 Å². The third-order valence-electron chi connectivity index (χ3n) is 2.88. The minimum atomic E-state index is -1.73. The summed E-state index contributed by atoms with van der Waals surface area (Å²) in [7, 11) is 1.18. The predicted molar refractivity (Wildman–Crippen MR) is 67.2 cm³/mol. The highest BCUT2D eigenvalue weighted by molar-refractivity contribution is 5.02. The van der Waals surface area contributed by atoms with Crippen molar-refractivity contribution in [3.8, 4) is 0 Å². The van der Waals surface area contributed by atoms with E-state index in [-0.39, 0.29) is 5.56 Å². The SMILES string of the molecule is COC([C@@H](O)[C@H](O)[C@H](O)CO)n1cc(C)c(=O)[nH]c1=O. The van der Waals surface area contributed by atoms with Gasteiger partial charge in [-0.05, 0) is 6.92 Å². The van der Waals surface area contributed by atoms with Crippen LogP contribution in [0.25, 0.3) is 0 Å². The molecule has 9 nitrogen and oxygen atoms in total. The number of hydrogen-bond donors (Lipinski definition) is 5. The molecule has 20 heavy (non-hydrogen) atoms. The molecule has 0 bridgehead atoms. The monoisotopic (exact) mass is 290 g/mol. The molecule has 1 aromatic heterocycles. The molecule has 0 saturated carbocycles. The van der Waals surface area contributed by atoms with Crippen LogP contribution in [-0.4, -0.2) is 62.0 Å². The number of methoxy groups -OCH3 is 1. The average molecular weight is 290 g/mol. The average Bonchev–Trinajstić information content (AvgIpc) is 2.43. The molecule has 1 rings (SSSR count). The van der Waals surface area contributed by atoms with Crippen molar-refractivity contribution >= 4 is 0 Å². The van der Waals surface area contributed by atoms with Crippen LogP contribution in [0.5, 0.6) is 0 Å². The lowest BCUT2D eigenvalue weighted by Gasteiger charge is -2.28. The van der Waals surface area contributed by atoms with Crippen LogP contribution in [0.1, 0.15) is 11.8 Å². The summed E-state index contributed by atoms with van der Waals surface area (Å²) in [5, 5.41) is 37.6. The lowest BCUT2D eigenvalue weighted by Crippen LogP contribution is -2.47. The van der Waals surface area contributed by atoms with Crippen LogP contribution >= 0.6 is 0 Å². The van der Waals surface area contributed by atoms with Gasteiger partial charge in [0.15, 0.2) is 6.23 Å². The second-order valence-corrected chi connectivity index (χ2v) is 4.34. The molecule has 0 aliphatic heterocycles. The summed E-state index contributed by atoms with van der Waals surface area (Å²) in [4.78, 5) is 25.0. The minimum absolute atomic E-state index is 0.205. The van der Waals surface area contributed by atoms with E-state index in [1.54, 1.807) is 0 Å². The molecule has 0 amide bonds. The van der Waals surface area contributed by atoms with Gasteiger partial charge in [0.05, 0.1) is 6.61 Å². The van der Waals surface area contributed by atoms with Gasteiger partial charge in [0.1, 0.15) is 18.3 Å². The van der Waals surface area contributed by atoms with E-state index < -0.39 is 42.4 Å². The molecular formula is C11H18N2O7. The number of aliphatic hydroxyl groups excluding tert-OH is 4. The molecule has 0 aromatic carbocycles. The molecule has 0 spiro atoms.